The maximum absolute atomic E-state index is 4.90. The molecule has 3 nitrogen and oxygen atoms in total. The Morgan fingerprint density at radius 2 is 0.942 bits per heavy atom. The van der Waals surface area contributed by atoms with Crippen molar-refractivity contribution in [3.8, 4) is 61.8 Å². The number of thiophene rings is 1. The van der Waals surface area contributed by atoms with Crippen molar-refractivity contribution < 1.29 is 0 Å². The second kappa shape index (κ2) is 20.2. The molecular formula is C82H57N3S. The summed E-state index contributed by atoms with van der Waals surface area (Å²) < 4.78 is 3.49. The lowest BCUT2D eigenvalue weighted by atomic mass is 9.65. The first-order valence-electron chi connectivity index (χ1n) is 30.1. The van der Waals surface area contributed by atoms with E-state index in [9.17, 15) is 0 Å². The zero-order valence-electron chi connectivity index (χ0n) is 47.3. The fourth-order valence-electron chi connectivity index (χ4n) is 15.2. The lowest BCUT2D eigenvalue weighted by molar-refractivity contribution is 0.697. The quantitative estimate of drug-likeness (QED) is 0.137. The Bertz CT molecular complexity index is 4780. The van der Waals surface area contributed by atoms with Crippen LogP contribution < -0.4 is 0 Å². The van der Waals surface area contributed by atoms with Crippen LogP contribution in [0.2, 0.25) is 0 Å². The monoisotopic (exact) mass is 1120 g/mol. The minimum absolute atomic E-state index is 0.162. The number of nitrogens with zero attached hydrogens (tertiary/aromatic N) is 3. The van der Waals surface area contributed by atoms with Gasteiger partial charge in [0.05, 0.1) is 10.8 Å². The van der Waals surface area contributed by atoms with Crippen molar-refractivity contribution in [2.24, 2.45) is 0 Å². The van der Waals surface area contributed by atoms with Crippen molar-refractivity contribution in [2.45, 2.75) is 36.0 Å². The first kappa shape index (κ1) is 50.3. The second-order valence-electron chi connectivity index (χ2n) is 23.4. The number of hydrogen-bond donors (Lipinski definition) is 0. The molecule has 0 saturated heterocycles. The molecule has 0 fully saturated rings. The van der Waals surface area contributed by atoms with Gasteiger partial charge in [-0.25, -0.2) is 0 Å². The predicted molar refractivity (Wildman–Crippen MR) is 356 cm³/mol. The third kappa shape index (κ3) is 7.66. The first-order chi connectivity index (χ1) is 42.6. The van der Waals surface area contributed by atoms with Crippen LogP contribution in [0, 0.1) is 0 Å². The van der Waals surface area contributed by atoms with E-state index in [1.807, 2.05) is 17.4 Å². The Labute approximate surface area is 505 Å². The van der Waals surface area contributed by atoms with Crippen LogP contribution in [-0.2, 0) is 17.3 Å². The zero-order chi connectivity index (χ0) is 56.8. The number of para-hydroxylation sites is 1. The molecule has 11 aromatic carbocycles. The summed E-state index contributed by atoms with van der Waals surface area (Å²) in [6.45, 7) is 0. The van der Waals surface area contributed by atoms with Crippen LogP contribution in [0.15, 0.2) is 303 Å². The molecular weight excluding hydrogens is 1060 g/mol. The van der Waals surface area contributed by atoms with Gasteiger partial charge in [0, 0.05) is 37.9 Å². The van der Waals surface area contributed by atoms with Gasteiger partial charge in [0.15, 0.2) is 11.6 Å². The molecule has 17 rings (SSSR count). The summed E-state index contributed by atoms with van der Waals surface area (Å²) in [4.78, 5) is 1.33. The SMILES string of the molecule is C1=CC2=C(CC1)C(c1ccccc1)(c1ccccc1)c1cc(-c3cc(-c4ccc(-c5nnc(-c6ccccc6)n5-c5ccccc5)cc4)c4sc5c(c4c3)CC(c3ccc4c(c3)C(c3ccccc3)(c3ccccc3)c3ccccc3-4)C=C5)ccc12. The van der Waals surface area contributed by atoms with Gasteiger partial charge in [0.2, 0.25) is 0 Å². The molecule has 0 N–H and O–H groups in total. The predicted octanol–water partition coefficient (Wildman–Crippen LogP) is 20.3. The van der Waals surface area contributed by atoms with Gasteiger partial charge in [-0.15, -0.1) is 21.5 Å². The van der Waals surface area contributed by atoms with E-state index in [0.717, 1.165) is 53.3 Å². The van der Waals surface area contributed by atoms with Crippen LogP contribution in [-0.4, -0.2) is 14.8 Å². The lowest BCUT2D eigenvalue weighted by Gasteiger charge is -2.36. The van der Waals surface area contributed by atoms with E-state index in [1.54, 1.807) is 0 Å². The Balaban J connectivity index is 0.835. The summed E-state index contributed by atoms with van der Waals surface area (Å²) in [5.74, 6) is 1.77. The average Bonchev–Trinajstić information content (AvgIpc) is 1.59. The van der Waals surface area contributed by atoms with E-state index in [1.165, 1.54) is 110 Å². The topological polar surface area (TPSA) is 30.7 Å². The Kier molecular flexibility index (Phi) is 11.8. The first-order valence-corrected chi connectivity index (χ1v) is 30.9. The summed E-state index contributed by atoms with van der Waals surface area (Å²) in [5.41, 5.74) is 25.7. The van der Waals surface area contributed by atoms with Crippen molar-refractivity contribution in [2.75, 3.05) is 0 Å². The van der Waals surface area contributed by atoms with Crippen LogP contribution in [0.5, 0.6) is 0 Å². The Hall–Kier alpha value is -10.3. The van der Waals surface area contributed by atoms with E-state index in [0.29, 0.717) is 0 Å². The van der Waals surface area contributed by atoms with Gasteiger partial charge in [-0.3, -0.25) is 4.57 Å². The van der Waals surface area contributed by atoms with Gasteiger partial charge in [0.25, 0.3) is 0 Å². The maximum Gasteiger partial charge on any atom is 0.168 e. The molecule has 0 aliphatic heterocycles. The van der Waals surface area contributed by atoms with E-state index >= 15 is 0 Å². The normalized spacial score (nSPS) is 15.7. The van der Waals surface area contributed by atoms with Crippen LogP contribution in [0.4, 0.5) is 0 Å². The molecule has 406 valence electrons. The number of benzene rings is 11. The summed E-state index contributed by atoms with van der Waals surface area (Å²) >= 11 is 1.93. The van der Waals surface area contributed by atoms with Crippen molar-refractivity contribution in [1.29, 1.82) is 0 Å². The Morgan fingerprint density at radius 1 is 0.407 bits per heavy atom. The number of aromatic nitrogens is 3. The number of rotatable bonds is 10. The molecule has 2 heterocycles. The van der Waals surface area contributed by atoms with Gasteiger partial charge in [-0.05, 0) is 156 Å². The summed E-state index contributed by atoms with van der Waals surface area (Å²) in [6.07, 6.45) is 12.6. The summed E-state index contributed by atoms with van der Waals surface area (Å²) in [6, 6.07) is 104. The minimum atomic E-state index is -0.469. The van der Waals surface area contributed by atoms with E-state index in [-0.39, 0.29) is 5.92 Å². The summed E-state index contributed by atoms with van der Waals surface area (Å²) in [5, 5.41) is 11.1. The molecule has 1 unspecified atom stereocenters. The maximum atomic E-state index is 4.90. The highest BCUT2D eigenvalue weighted by Crippen LogP contribution is 2.60. The van der Waals surface area contributed by atoms with Crippen molar-refractivity contribution >= 4 is 33.1 Å². The second-order valence-corrected chi connectivity index (χ2v) is 24.4. The molecule has 0 saturated carbocycles. The highest BCUT2D eigenvalue weighted by Gasteiger charge is 2.48. The third-order valence-corrected chi connectivity index (χ3v) is 20.2. The van der Waals surface area contributed by atoms with Gasteiger partial charge in [0.1, 0.15) is 0 Å². The third-order valence-electron chi connectivity index (χ3n) is 19.0. The smallest absolute Gasteiger partial charge is 0.168 e. The molecule has 4 aliphatic rings. The van der Waals surface area contributed by atoms with Crippen molar-refractivity contribution in [3.63, 3.8) is 0 Å². The van der Waals surface area contributed by atoms with Gasteiger partial charge >= 0.3 is 0 Å². The number of allylic oxidation sites excluding steroid dienone is 5. The average molecular weight is 1120 g/mol. The largest absolute Gasteiger partial charge is 0.275 e. The lowest BCUT2D eigenvalue weighted by Crippen LogP contribution is -2.30. The van der Waals surface area contributed by atoms with Crippen LogP contribution in [0.25, 0.3) is 83.6 Å². The standard InChI is InChI=1S/C82H57N3S/c1-7-23-55(24-8-1)79-83-84-80(85(79)65-33-17-6-18-34-65)56-41-39-54(40-42-56)70-50-60(59-44-47-69-67-36-20-22-38-74(67)82(76(69)53-59,63-29-13-4-14-30-63)64-31-15-5-16-32-64)51-72-71-49-57(45-48-77(71)86-78(70)72)58-43-46-68-66-35-19-21-37-73(66)81(75(68)52-58,61-25-9-2-10-26-61)62-27-11-3-12-28-62/h1-21,23-37,39-48,50-53,57H,22,38,49H2. The number of hydrogen-bond acceptors (Lipinski definition) is 3. The summed E-state index contributed by atoms with van der Waals surface area (Å²) in [7, 11) is 0. The molecule has 0 amide bonds. The minimum Gasteiger partial charge on any atom is -0.275 e. The van der Waals surface area contributed by atoms with Crippen molar-refractivity contribution in [1.82, 2.24) is 14.8 Å². The Morgan fingerprint density at radius 3 is 1.60 bits per heavy atom. The fourth-order valence-corrected chi connectivity index (χ4v) is 16.5. The van der Waals surface area contributed by atoms with Gasteiger partial charge in [-0.1, -0.05) is 267 Å². The molecule has 4 heteroatoms. The van der Waals surface area contributed by atoms with Gasteiger partial charge in [-0.2, -0.15) is 0 Å². The zero-order valence-corrected chi connectivity index (χ0v) is 48.1. The molecule has 0 spiro atoms. The highest BCUT2D eigenvalue weighted by atomic mass is 32.1. The highest BCUT2D eigenvalue weighted by molar-refractivity contribution is 7.20. The van der Waals surface area contributed by atoms with Crippen molar-refractivity contribution in [3.05, 3.63) is 363 Å². The van der Waals surface area contributed by atoms with E-state index < -0.39 is 10.8 Å². The molecule has 86 heavy (non-hydrogen) atoms. The fraction of sp³-hybridized carbons (Fsp3) is 0.0732. The molecule has 0 bridgehead atoms. The molecule has 13 aromatic rings. The van der Waals surface area contributed by atoms with Crippen LogP contribution in [0.1, 0.15) is 79.3 Å². The molecule has 4 aliphatic carbocycles. The molecule has 0 radical (unpaired) electrons. The van der Waals surface area contributed by atoms with E-state index in [2.05, 4.69) is 302 Å². The molecule has 1 atom stereocenters. The molecule has 2 aromatic heterocycles. The van der Waals surface area contributed by atoms with E-state index in [4.69, 9.17) is 10.2 Å². The van der Waals surface area contributed by atoms with Crippen LogP contribution >= 0.6 is 11.3 Å². The van der Waals surface area contributed by atoms with Gasteiger partial charge < -0.3 is 0 Å². The van der Waals surface area contributed by atoms with Crippen LogP contribution in [0.3, 0.4) is 0 Å². The number of fused-ring (bicyclic) bond motifs is 8.